The number of carbonyl (C=O) groups excluding carboxylic acids is 2. The van der Waals surface area contributed by atoms with Gasteiger partial charge >= 0.3 is 0 Å². The van der Waals surface area contributed by atoms with E-state index in [0.717, 1.165) is 5.75 Å². The topological polar surface area (TPSA) is 85.2 Å². The number of ether oxygens (including phenoxy) is 1. The third-order valence-electron chi connectivity index (χ3n) is 5.15. The normalized spacial score (nSPS) is 10.6. The molecular formula is C26H23FN4O3. The van der Waals surface area contributed by atoms with E-state index in [1.54, 1.807) is 72.3 Å². The lowest BCUT2D eigenvalue weighted by atomic mass is 10.1. The fourth-order valence-electron chi connectivity index (χ4n) is 3.38. The third kappa shape index (κ3) is 5.12. The predicted octanol–water partition coefficient (Wildman–Crippen LogP) is 5.22. The molecule has 1 aromatic heterocycles. The number of rotatable bonds is 7. The van der Waals surface area contributed by atoms with E-state index in [4.69, 9.17) is 4.74 Å². The second kappa shape index (κ2) is 9.99. The summed E-state index contributed by atoms with van der Waals surface area (Å²) in [6.45, 7) is 4.24. The average Bonchev–Trinajstić information content (AvgIpc) is 3.23. The van der Waals surface area contributed by atoms with Crippen LogP contribution in [0.2, 0.25) is 0 Å². The zero-order chi connectivity index (χ0) is 24.1. The number of hydrogen-bond acceptors (Lipinski definition) is 4. The first-order valence-corrected chi connectivity index (χ1v) is 10.7. The van der Waals surface area contributed by atoms with Crippen molar-refractivity contribution in [1.29, 1.82) is 0 Å². The van der Waals surface area contributed by atoms with Crippen LogP contribution in [-0.2, 0) is 0 Å². The molecule has 0 unspecified atom stereocenters. The number of anilines is 2. The summed E-state index contributed by atoms with van der Waals surface area (Å²) in [5.41, 5.74) is 3.31. The molecule has 7 nitrogen and oxygen atoms in total. The Hall–Kier alpha value is -4.46. The standard InChI is InChI=1S/C26H23FN4O3/c1-3-34-23-14-10-21(11-15-23)29-25(32)18-4-8-20(9-5-18)30-26(33)24-16-28-31(17(24)2)22-12-6-19(27)7-13-22/h4-16H,3H2,1-2H3,(H,29,32)(H,30,33). The first-order chi connectivity index (χ1) is 16.4. The van der Waals surface area contributed by atoms with Gasteiger partial charge in [-0.25, -0.2) is 9.07 Å². The van der Waals surface area contributed by atoms with Crippen molar-refractivity contribution in [3.05, 3.63) is 102 Å². The predicted molar refractivity (Wildman–Crippen MR) is 128 cm³/mol. The van der Waals surface area contributed by atoms with Gasteiger partial charge in [0, 0.05) is 16.9 Å². The molecule has 3 aromatic carbocycles. The Morgan fingerprint density at radius 1 is 0.882 bits per heavy atom. The Morgan fingerprint density at radius 2 is 1.47 bits per heavy atom. The summed E-state index contributed by atoms with van der Waals surface area (Å²) in [6.07, 6.45) is 1.46. The smallest absolute Gasteiger partial charge is 0.259 e. The summed E-state index contributed by atoms with van der Waals surface area (Å²) in [5, 5.41) is 9.88. The summed E-state index contributed by atoms with van der Waals surface area (Å²) in [4.78, 5) is 25.3. The molecule has 0 radical (unpaired) electrons. The van der Waals surface area contributed by atoms with E-state index >= 15 is 0 Å². The number of aromatic nitrogens is 2. The van der Waals surface area contributed by atoms with E-state index in [1.165, 1.54) is 18.3 Å². The number of nitrogens with one attached hydrogen (secondary N) is 2. The number of amides is 2. The van der Waals surface area contributed by atoms with Crippen LogP contribution in [0.15, 0.2) is 79.0 Å². The van der Waals surface area contributed by atoms with Crippen molar-refractivity contribution in [2.45, 2.75) is 13.8 Å². The Bertz CT molecular complexity index is 1300. The van der Waals surface area contributed by atoms with Gasteiger partial charge in [-0.2, -0.15) is 5.10 Å². The van der Waals surface area contributed by atoms with Gasteiger partial charge in [-0.05, 0) is 86.6 Å². The molecule has 0 saturated heterocycles. The summed E-state index contributed by atoms with van der Waals surface area (Å²) in [5.74, 6) is -0.210. The highest BCUT2D eigenvalue weighted by atomic mass is 19.1. The minimum Gasteiger partial charge on any atom is -0.494 e. The number of hydrogen-bond donors (Lipinski definition) is 2. The molecule has 8 heteroatoms. The van der Waals surface area contributed by atoms with Crippen LogP contribution < -0.4 is 15.4 Å². The van der Waals surface area contributed by atoms with Crippen LogP contribution in [0, 0.1) is 12.7 Å². The minimum atomic E-state index is -0.344. The number of nitrogens with zero attached hydrogens (tertiary/aromatic N) is 2. The summed E-state index contributed by atoms with van der Waals surface area (Å²) >= 11 is 0. The molecule has 0 saturated carbocycles. The van der Waals surface area contributed by atoms with Crippen LogP contribution in [-0.4, -0.2) is 28.2 Å². The molecule has 4 aromatic rings. The van der Waals surface area contributed by atoms with E-state index in [1.807, 2.05) is 6.92 Å². The Labute approximate surface area is 196 Å². The molecule has 2 N–H and O–H groups in total. The third-order valence-corrected chi connectivity index (χ3v) is 5.15. The molecule has 0 aliphatic rings. The summed E-state index contributed by atoms with van der Waals surface area (Å²) in [6, 6.07) is 19.6. The van der Waals surface area contributed by atoms with Gasteiger partial charge in [0.15, 0.2) is 0 Å². The zero-order valence-electron chi connectivity index (χ0n) is 18.7. The molecular weight excluding hydrogens is 435 g/mol. The van der Waals surface area contributed by atoms with E-state index in [9.17, 15) is 14.0 Å². The molecule has 0 fully saturated rings. The van der Waals surface area contributed by atoms with Gasteiger partial charge in [0.05, 0.1) is 29.7 Å². The number of carbonyl (C=O) groups is 2. The van der Waals surface area contributed by atoms with Crippen LogP contribution in [0.3, 0.4) is 0 Å². The molecule has 34 heavy (non-hydrogen) atoms. The fraction of sp³-hybridized carbons (Fsp3) is 0.115. The Balaban J connectivity index is 1.40. The van der Waals surface area contributed by atoms with Crippen molar-refractivity contribution < 1.29 is 18.7 Å². The van der Waals surface area contributed by atoms with E-state index < -0.39 is 0 Å². The van der Waals surface area contributed by atoms with Gasteiger partial charge in [0.2, 0.25) is 0 Å². The molecule has 4 rings (SSSR count). The van der Waals surface area contributed by atoms with E-state index in [0.29, 0.717) is 40.5 Å². The Morgan fingerprint density at radius 3 is 2.09 bits per heavy atom. The second-order valence-electron chi connectivity index (χ2n) is 7.47. The molecule has 0 bridgehead atoms. The molecule has 0 atom stereocenters. The van der Waals surface area contributed by atoms with Crippen molar-refractivity contribution in [2.24, 2.45) is 0 Å². The van der Waals surface area contributed by atoms with Crippen molar-refractivity contribution in [3.8, 4) is 11.4 Å². The highest BCUT2D eigenvalue weighted by Crippen LogP contribution is 2.19. The van der Waals surface area contributed by atoms with Crippen LogP contribution in [0.1, 0.15) is 33.3 Å². The molecule has 0 aliphatic carbocycles. The van der Waals surface area contributed by atoms with Crippen LogP contribution in [0.4, 0.5) is 15.8 Å². The van der Waals surface area contributed by atoms with Gasteiger partial charge in [0.25, 0.3) is 11.8 Å². The van der Waals surface area contributed by atoms with E-state index in [2.05, 4.69) is 15.7 Å². The monoisotopic (exact) mass is 458 g/mol. The van der Waals surface area contributed by atoms with Crippen LogP contribution in [0.5, 0.6) is 5.75 Å². The lowest BCUT2D eigenvalue weighted by Gasteiger charge is -2.09. The van der Waals surface area contributed by atoms with Crippen molar-refractivity contribution >= 4 is 23.2 Å². The lowest BCUT2D eigenvalue weighted by Crippen LogP contribution is -2.14. The van der Waals surface area contributed by atoms with Gasteiger partial charge in [-0.3, -0.25) is 9.59 Å². The SMILES string of the molecule is CCOc1ccc(NC(=O)c2ccc(NC(=O)c3cnn(-c4ccc(F)cc4)c3C)cc2)cc1. The highest BCUT2D eigenvalue weighted by Gasteiger charge is 2.16. The zero-order valence-corrected chi connectivity index (χ0v) is 18.7. The maximum Gasteiger partial charge on any atom is 0.259 e. The molecule has 0 spiro atoms. The molecule has 2 amide bonds. The minimum absolute atomic E-state index is 0.265. The largest absolute Gasteiger partial charge is 0.494 e. The first-order valence-electron chi connectivity index (χ1n) is 10.7. The van der Waals surface area contributed by atoms with Gasteiger partial charge < -0.3 is 15.4 Å². The maximum atomic E-state index is 13.2. The molecule has 1 heterocycles. The van der Waals surface area contributed by atoms with Crippen molar-refractivity contribution in [1.82, 2.24) is 9.78 Å². The van der Waals surface area contributed by atoms with Crippen LogP contribution in [0.25, 0.3) is 5.69 Å². The van der Waals surface area contributed by atoms with Crippen molar-refractivity contribution in [2.75, 3.05) is 17.2 Å². The van der Waals surface area contributed by atoms with Crippen molar-refractivity contribution in [3.63, 3.8) is 0 Å². The number of benzene rings is 3. The van der Waals surface area contributed by atoms with Gasteiger partial charge in [-0.1, -0.05) is 0 Å². The maximum absolute atomic E-state index is 13.2. The van der Waals surface area contributed by atoms with Gasteiger partial charge in [-0.15, -0.1) is 0 Å². The summed E-state index contributed by atoms with van der Waals surface area (Å²) < 4.78 is 20.2. The van der Waals surface area contributed by atoms with E-state index in [-0.39, 0.29) is 17.6 Å². The average molecular weight is 458 g/mol. The van der Waals surface area contributed by atoms with Gasteiger partial charge in [0.1, 0.15) is 11.6 Å². The highest BCUT2D eigenvalue weighted by molar-refractivity contribution is 6.06. The second-order valence-corrected chi connectivity index (χ2v) is 7.47. The fourth-order valence-corrected chi connectivity index (χ4v) is 3.38. The first kappa shape index (κ1) is 22.7. The quantitative estimate of drug-likeness (QED) is 0.398. The molecule has 172 valence electrons. The summed E-state index contributed by atoms with van der Waals surface area (Å²) in [7, 11) is 0. The molecule has 0 aliphatic heterocycles. The Kier molecular flexibility index (Phi) is 6.68. The number of halogens is 1. The lowest BCUT2D eigenvalue weighted by molar-refractivity contribution is 0.101. The van der Waals surface area contributed by atoms with Crippen LogP contribution >= 0.6 is 0 Å².